The number of rotatable bonds is 4. The second-order valence-electron chi connectivity index (χ2n) is 5.80. The minimum atomic E-state index is -0.0771. The van der Waals surface area contributed by atoms with Crippen LogP contribution >= 0.6 is 11.3 Å². The summed E-state index contributed by atoms with van der Waals surface area (Å²) in [6.07, 6.45) is 0. The van der Waals surface area contributed by atoms with Crippen LogP contribution in [-0.2, 0) is 0 Å². The number of aromatic nitrogens is 1. The van der Waals surface area contributed by atoms with Gasteiger partial charge in [0.2, 0.25) is 5.78 Å². The van der Waals surface area contributed by atoms with Crippen LogP contribution in [0.25, 0.3) is 0 Å². The number of ketones is 1. The first-order chi connectivity index (χ1) is 11.5. The van der Waals surface area contributed by atoms with Gasteiger partial charge >= 0.3 is 0 Å². The average Bonchev–Trinajstić information content (AvgIpc) is 2.91. The molecule has 0 aliphatic heterocycles. The quantitative estimate of drug-likeness (QED) is 0.681. The van der Waals surface area contributed by atoms with E-state index >= 15 is 0 Å². The van der Waals surface area contributed by atoms with E-state index in [-0.39, 0.29) is 11.6 Å². The number of nitrogens with zero attached hydrogens (tertiary/aromatic N) is 1. The summed E-state index contributed by atoms with van der Waals surface area (Å²) < 4.78 is 0. The third kappa shape index (κ3) is 3.16. The molecule has 4 nitrogen and oxygen atoms in total. The van der Waals surface area contributed by atoms with E-state index in [0.29, 0.717) is 15.6 Å². The maximum Gasteiger partial charge on any atom is 0.207 e. The molecule has 0 aliphatic rings. The molecule has 0 aliphatic carbocycles. The molecule has 3 N–H and O–H groups in total. The highest BCUT2D eigenvalue weighted by Gasteiger charge is 2.20. The molecule has 0 saturated carbocycles. The number of hydrogen-bond acceptors (Lipinski definition) is 5. The van der Waals surface area contributed by atoms with Crippen molar-refractivity contribution in [3.05, 3.63) is 69.6 Å². The fourth-order valence-electron chi connectivity index (χ4n) is 2.52. The minimum Gasteiger partial charge on any atom is -0.382 e. The van der Waals surface area contributed by atoms with Crippen molar-refractivity contribution in [2.75, 3.05) is 11.1 Å². The molecule has 0 unspecified atom stereocenters. The summed E-state index contributed by atoms with van der Waals surface area (Å²) in [5.41, 5.74) is 10.8. The number of aryl methyl sites for hydroxylation is 3. The molecule has 0 spiro atoms. The van der Waals surface area contributed by atoms with E-state index in [0.717, 1.165) is 16.8 Å². The molecule has 0 saturated heterocycles. The van der Waals surface area contributed by atoms with Crippen LogP contribution in [0.15, 0.2) is 42.5 Å². The number of carbonyl (C=O) groups is 1. The summed E-state index contributed by atoms with van der Waals surface area (Å²) >= 11 is 1.28. The van der Waals surface area contributed by atoms with Gasteiger partial charge in [-0.2, -0.15) is 0 Å². The van der Waals surface area contributed by atoms with Gasteiger partial charge < -0.3 is 11.1 Å². The van der Waals surface area contributed by atoms with Gasteiger partial charge in [-0.05, 0) is 55.7 Å². The van der Waals surface area contributed by atoms with E-state index in [1.165, 1.54) is 16.9 Å². The molecule has 5 heteroatoms. The standard InChI is InChI=1S/C19H19N3OS/c1-11-9-13(3)15(10-12(11)2)16(23)17-18(20)22-19(24-17)21-14-7-5-4-6-8-14/h4-10H,20H2,1-3H3,(H,21,22). The van der Waals surface area contributed by atoms with Crippen molar-refractivity contribution < 1.29 is 4.79 Å². The molecule has 0 radical (unpaired) electrons. The smallest absolute Gasteiger partial charge is 0.207 e. The van der Waals surface area contributed by atoms with Crippen molar-refractivity contribution in [1.82, 2.24) is 4.98 Å². The van der Waals surface area contributed by atoms with Gasteiger partial charge in [0, 0.05) is 11.3 Å². The highest BCUT2D eigenvalue weighted by atomic mass is 32.1. The number of benzene rings is 2. The van der Waals surface area contributed by atoms with Crippen LogP contribution < -0.4 is 11.1 Å². The number of para-hydroxylation sites is 1. The molecule has 0 amide bonds. The zero-order valence-corrected chi connectivity index (χ0v) is 14.7. The van der Waals surface area contributed by atoms with Gasteiger partial charge in [-0.3, -0.25) is 4.79 Å². The summed E-state index contributed by atoms with van der Waals surface area (Å²) in [6.45, 7) is 5.99. The van der Waals surface area contributed by atoms with Crippen LogP contribution in [0.3, 0.4) is 0 Å². The Bertz CT molecular complexity index is 900. The predicted octanol–water partition coefficient (Wildman–Crippen LogP) is 4.63. The van der Waals surface area contributed by atoms with E-state index < -0.39 is 0 Å². The molecule has 24 heavy (non-hydrogen) atoms. The number of carbonyl (C=O) groups excluding carboxylic acids is 1. The monoisotopic (exact) mass is 337 g/mol. The number of thiazole rings is 1. The maximum absolute atomic E-state index is 12.9. The van der Waals surface area contributed by atoms with E-state index in [1.54, 1.807) is 0 Å². The number of anilines is 3. The molecular weight excluding hydrogens is 318 g/mol. The summed E-state index contributed by atoms with van der Waals surface area (Å²) in [6, 6.07) is 13.6. The van der Waals surface area contributed by atoms with Crippen molar-refractivity contribution in [1.29, 1.82) is 0 Å². The molecule has 1 heterocycles. The Labute approximate surface area is 145 Å². The van der Waals surface area contributed by atoms with Crippen molar-refractivity contribution in [2.45, 2.75) is 20.8 Å². The maximum atomic E-state index is 12.9. The molecule has 3 rings (SSSR count). The molecule has 1 aromatic heterocycles. The average molecular weight is 337 g/mol. The van der Waals surface area contributed by atoms with Crippen LogP contribution in [0.4, 0.5) is 16.6 Å². The van der Waals surface area contributed by atoms with Crippen LogP contribution in [0, 0.1) is 20.8 Å². The first-order valence-corrected chi connectivity index (χ1v) is 8.48. The Balaban J connectivity index is 1.93. The second kappa shape index (κ2) is 6.45. The first kappa shape index (κ1) is 16.2. The minimum absolute atomic E-state index is 0.0771. The SMILES string of the molecule is Cc1cc(C)c(C(=O)c2sc(Nc3ccccc3)nc2N)cc1C. The van der Waals surface area contributed by atoms with Crippen LogP contribution in [0.5, 0.6) is 0 Å². The lowest BCUT2D eigenvalue weighted by Gasteiger charge is -2.08. The summed E-state index contributed by atoms with van der Waals surface area (Å²) in [5, 5.41) is 3.80. The highest BCUT2D eigenvalue weighted by molar-refractivity contribution is 7.18. The molecule has 0 bridgehead atoms. The van der Waals surface area contributed by atoms with Crippen molar-refractivity contribution in [3.8, 4) is 0 Å². The number of hydrogen-bond donors (Lipinski definition) is 2. The normalized spacial score (nSPS) is 10.6. The van der Waals surface area contributed by atoms with Gasteiger partial charge in [0.15, 0.2) is 5.13 Å². The molecular formula is C19H19N3OS. The van der Waals surface area contributed by atoms with Crippen molar-refractivity contribution in [3.63, 3.8) is 0 Å². The number of nitrogens with one attached hydrogen (secondary N) is 1. The Morgan fingerprint density at radius 3 is 2.42 bits per heavy atom. The van der Waals surface area contributed by atoms with Crippen LogP contribution in [0.2, 0.25) is 0 Å². The van der Waals surface area contributed by atoms with E-state index in [1.807, 2.05) is 63.2 Å². The first-order valence-electron chi connectivity index (χ1n) is 7.66. The van der Waals surface area contributed by atoms with Crippen molar-refractivity contribution in [2.24, 2.45) is 0 Å². The van der Waals surface area contributed by atoms with Gasteiger partial charge in [-0.1, -0.05) is 35.6 Å². The lowest BCUT2D eigenvalue weighted by Crippen LogP contribution is -2.05. The second-order valence-corrected chi connectivity index (χ2v) is 6.80. The zero-order valence-electron chi connectivity index (χ0n) is 13.9. The highest BCUT2D eigenvalue weighted by Crippen LogP contribution is 2.30. The molecule has 0 fully saturated rings. The van der Waals surface area contributed by atoms with Gasteiger partial charge in [0.05, 0.1) is 0 Å². The van der Waals surface area contributed by atoms with Gasteiger partial charge in [-0.25, -0.2) is 4.98 Å². The topological polar surface area (TPSA) is 68.0 Å². The largest absolute Gasteiger partial charge is 0.382 e. The molecule has 3 aromatic rings. The molecule has 0 atom stereocenters. The molecule has 122 valence electrons. The van der Waals surface area contributed by atoms with Gasteiger partial charge in [0.1, 0.15) is 10.7 Å². The van der Waals surface area contributed by atoms with Crippen molar-refractivity contribution >= 4 is 33.8 Å². The predicted molar refractivity (Wildman–Crippen MR) is 100 cm³/mol. The zero-order chi connectivity index (χ0) is 17.3. The summed E-state index contributed by atoms with van der Waals surface area (Å²) in [4.78, 5) is 17.6. The lowest BCUT2D eigenvalue weighted by atomic mass is 9.97. The molecule has 2 aromatic carbocycles. The van der Waals surface area contributed by atoms with E-state index in [9.17, 15) is 4.79 Å². The summed E-state index contributed by atoms with van der Waals surface area (Å²) in [5.74, 6) is 0.188. The Hall–Kier alpha value is -2.66. The fourth-order valence-corrected chi connectivity index (χ4v) is 3.38. The summed E-state index contributed by atoms with van der Waals surface area (Å²) in [7, 11) is 0. The Morgan fingerprint density at radius 2 is 1.71 bits per heavy atom. The number of nitrogen functional groups attached to an aromatic ring is 1. The van der Waals surface area contributed by atoms with Gasteiger partial charge in [0.25, 0.3) is 0 Å². The van der Waals surface area contributed by atoms with E-state index in [4.69, 9.17) is 5.73 Å². The third-order valence-corrected chi connectivity index (χ3v) is 4.96. The van der Waals surface area contributed by atoms with E-state index in [2.05, 4.69) is 10.3 Å². The fraction of sp³-hybridized carbons (Fsp3) is 0.158. The Kier molecular flexibility index (Phi) is 4.36. The Morgan fingerprint density at radius 1 is 1.04 bits per heavy atom. The number of nitrogens with two attached hydrogens (primary N) is 1. The lowest BCUT2D eigenvalue weighted by molar-refractivity contribution is 0.104. The van der Waals surface area contributed by atoms with Gasteiger partial charge in [-0.15, -0.1) is 0 Å². The van der Waals surface area contributed by atoms with Crippen LogP contribution in [0.1, 0.15) is 31.9 Å². The van der Waals surface area contributed by atoms with Crippen LogP contribution in [-0.4, -0.2) is 10.8 Å². The third-order valence-electron chi connectivity index (χ3n) is 3.97.